The zero-order valence-electron chi connectivity index (χ0n) is 10.4. The van der Waals surface area contributed by atoms with Gasteiger partial charge in [0.1, 0.15) is 5.69 Å². The first kappa shape index (κ1) is 11.5. The van der Waals surface area contributed by atoms with E-state index < -0.39 is 0 Å². The molecule has 1 aliphatic heterocycles. The van der Waals surface area contributed by atoms with E-state index in [0.29, 0.717) is 18.8 Å². The molecule has 1 aliphatic rings. The van der Waals surface area contributed by atoms with Crippen LogP contribution in [0.5, 0.6) is 0 Å². The molecule has 3 heterocycles. The van der Waals surface area contributed by atoms with Gasteiger partial charge in [0.05, 0.1) is 24.1 Å². The Balaban J connectivity index is 1.82. The Kier molecular flexibility index (Phi) is 2.59. The lowest BCUT2D eigenvalue weighted by Crippen LogP contribution is -2.26. The third kappa shape index (κ3) is 2.10. The number of rotatable bonds is 1. The number of nitrogens with two attached hydrogens (primary N) is 1. The highest BCUT2D eigenvalue weighted by Crippen LogP contribution is 2.21. The van der Waals surface area contributed by atoms with E-state index in [1.165, 1.54) is 6.20 Å². The summed E-state index contributed by atoms with van der Waals surface area (Å²) < 4.78 is 0. The average Bonchev–Trinajstić information content (AvgIpc) is 2.81. The largest absolute Gasteiger partial charge is 0.368 e. The van der Waals surface area contributed by atoms with Crippen LogP contribution in [0.3, 0.4) is 0 Å². The van der Waals surface area contributed by atoms with Crippen LogP contribution >= 0.6 is 0 Å². The molecule has 0 atom stereocenters. The molecule has 0 unspecified atom stereocenters. The van der Waals surface area contributed by atoms with Gasteiger partial charge in [-0.05, 0) is 6.92 Å². The van der Waals surface area contributed by atoms with Gasteiger partial charge in [0, 0.05) is 24.5 Å². The minimum atomic E-state index is -0.163. The normalized spacial score (nSPS) is 13.4. The highest BCUT2D eigenvalue weighted by Gasteiger charge is 2.26. The van der Waals surface area contributed by atoms with Crippen molar-refractivity contribution in [2.45, 2.75) is 20.0 Å². The summed E-state index contributed by atoms with van der Waals surface area (Å²) in [7, 11) is 0. The van der Waals surface area contributed by atoms with Gasteiger partial charge in [0.25, 0.3) is 5.91 Å². The molecule has 7 heteroatoms. The Hall–Kier alpha value is -2.57. The molecule has 0 saturated heterocycles. The number of fused-ring (bicyclic) bond motifs is 1. The zero-order chi connectivity index (χ0) is 13.4. The summed E-state index contributed by atoms with van der Waals surface area (Å²) in [5.41, 5.74) is 8.35. The number of aryl methyl sites for hydroxylation is 1. The topological polar surface area (TPSA) is 97.9 Å². The Morgan fingerprint density at radius 2 is 2.05 bits per heavy atom. The van der Waals surface area contributed by atoms with Crippen molar-refractivity contribution in [2.75, 3.05) is 5.73 Å². The molecule has 0 spiro atoms. The van der Waals surface area contributed by atoms with Crippen LogP contribution in [0.4, 0.5) is 5.95 Å². The lowest BCUT2D eigenvalue weighted by Gasteiger charge is -2.13. The van der Waals surface area contributed by atoms with Crippen molar-refractivity contribution >= 4 is 11.9 Å². The molecule has 0 aromatic carbocycles. The number of hydrogen-bond acceptors (Lipinski definition) is 6. The number of hydrogen-bond donors (Lipinski definition) is 1. The maximum atomic E-state index is 12.3. The predicted octanol–water partition coefficient (Wildman–Crippen LogP) is 0.313. The molecule has 0 aliphatic carbocycles. The first-order valence-corrected chi connectivity index (χ1v) is 5.81. The quantitative estimate of drug-likeness (QED) is 0.788. The third-order valence-electron chi connectivity index (χ3n) is 2.96. The van der Waals surface area contributed by atoms with Crippen molar-refractivity contribution in [3.63, 3.8) is 0 Å². The average molecular weight is 256 g/mol. The first-order valence-electron chi connectivity index (χ1n) is 5.81. The van der Waals surface area contributed by atoms with Crippen LogP contribution in [0.1, 0.15) is 27.4 Å². The lowest BCUT2D eigenvalue weighted by molar-refractivity contribution is 0.0744. The van der Waals surface area contributed by atoms with Crippen LogP contribution in [0.2, 0.25) is 0 Å². The third-order valence-corrected chi connectivity index (χ3v) is 2.96. The summed E-state index contributed by atoms with van der Waals surface area (Å²) in [5, 5.41) is 0. The van der Waals surface area contributed by atoms with Crippen molar-refractivity contribution in [3.8, 4) is 0 Å². The van der Waals surface area contributed by atoms with Gasteiger partial charge in [-0.1, -0.05) is 0 Å². The fourth-order valence-corrected chi connectivity index (χ4v) is 1.98. The Bertz CT molecular complexity index is 639. The number of anilines is 1. The van der Waals surface area contributed by atoms with E-state index in [2.05, 4.69) is 19.9 Å². The molecule has 1 amide bonds. The molecule has 3 rings (SSSR count). The monoisotopic (exact) mass is 256 g/mol. The molecule has 96 valence electrons. The van der Waals surface area contributed by atoms with E-state index in [0.717, 1.165) is 17.0 Å². The molecule has 2 aromatic heterocycles. The van der Waals surface area contributed by atoms with Crippen LogP contribution in [0, 0.1) is 6.92 Å². The fraction of sp³-hybridized carbons (Fsp3) is 0.250. The molecular formula is C12H12N6O. The predicted molar refractivity (Wildman–Crippen MR) is 66.8 cm³/mol. The number of aromatic nitrogens is 4. The Morgan fingerprint density at radius 3 is 2.79 bits per heavy atom. The Labute approximate surface area is 109 Å². The summed E-state index contributed by atoms with van der Waals surface area (Å²) in [4.78, 5) is 30.1. The van der Waals surface area contributed by atoms with E-state index >= 15 is 0 Å². The van der Waals surface area contributed by atoms with Gasteiger partial charge in [-0.3, -0.25) is 9.78 Å². The van der Waals surface area contributed by atoms with Crippen LogP contribution in [0.25, 0.3) is 0 Å². The van der Waals surface area contributed by atoms with E-state index in [1.54, 1.807) is 17.3 Å². The minimum Gasteiger partial charge on any atom is -0.368 e. The van der Waals surface area contributed by atoms with Gasteiger partial charge in [0.2, 0.25) is 5.95 Å². The standard InChI is InChI=1S/C12H12N6O/c1-7-2-15-9(4-14-7)11(19)18-5-8-3-16-12(13)17-10(8)6-18/h2-4H,5-6H2,1H3,(H2,13,16,17). The zero-order valence-corrected chi connectivity index (χ0v) is 10.4. The molecule has 0 saturated carbocycles. The number of carbonyl (C=O) groups is 1. The first-order chi connectivity index (χ1) is 9.13. The van der Waals surface area contributed by atoms with Gasteiger partial charge in [-0.2, -0.15) is 0 Å². The summed E-state index contributed by atoms with van der Waals surface area (Å²) in [6.07, 6.45) is 4.72. The van der Waals surface area contributed by atoms with E-state index in [1.807, 2.05) is 6.92 Å². The van der Waals surface area contributed by atoms with Gasteiger partial charge in [0.15, 0.2) is 0 Å². The summed E-state index contributed by atoms with van der Waals surface area (Å²) in [6.45, 7) is 2.73. The molecule has 7 nitrogen and oxygen atoms in total. The molecule has 0 fully saturated rings. The van der Waals surface area contributed by atoms with Crippen molar-refractivity contribution in [1.82, 2.24) is 24.8 Å². The minimum absolute atomic E-state index is 0.163. The summed E-state index contributed by atoms with van der Waals surface area (Å²) in [6, 6.07) is 0. The smallest absolute Gasteiger partial charge is 0.274 e. The Morgan fingerprint density at radius 1 is 1.21 bits per heavy atom. The van der Waals surface area contributed by atoms with Crippen LogP contribution in [0.15, 0.2) is 18.6 Å². The second-order valence-electron chi connectivity index (χ2n) is 4.40. The van der Waals surface area contributed by atoms with Crippen LogP contribution < -0.4 is 5.73 Å². The van der Waals surface area contributed by atoms with Crippen molar-refractivity contribution in [3.05, 3.63) is 41.2 Å². The van der Waals surface area contributed by atoms with Gasteiger partial charge < -0.3 is 10.6 Å². The number of nitrogen functional groups attached to an aromatic ring is 1. The number of carbonyl (C=O) groups excluding carboxylic acids is 1. The highest BCUT2D eigenvalue weighted by molar-refractivity contribution is 5.92. The number of amides is 1. The fourth-order valence-electron chi connectivity index (χ4n) is 1.98. The van der Waals surface area contributed by atoms with Crippen LogP contribution in [-0.2, 0) is 13.1 Å². The lowest BCUT2D eigenvalue weighted by atomic mass is 10.3. The van der Waals surface area contributed by atoms with Crippen molar-refractivity contribution < 1.29 is 4.79 Å². The molecule has 0 radical (unpaired) electrons. The highest BCUT2D eigenvalue weighted by atomic mass is 16.2. The second kappa shape index (κ2) is 4.27. The maximum Gasteiger partial charge on any atom is 0.274 e. The molecular weight excluding hydrogens is 244 g/mol. The van der Waals surface area contributed by atoms with E-state index in [9.17, 15) is 4.79 Å². The van der Waals surface area contributed by atoms with E-state index in [-0.39, 0.29) is 11.9 Å². The summed E-state index contributed by atoms with van der Waals surface area (Å²) >= 11 is 0. The van der Waals surface area contributed by atoms with Gasteiger partial charge in [-0.25, -0.2) is 15.0 Å². The van der Waals surface area contributed by atoms with Gasteiger partial charge >= 0.3 is 0 Å². The molecule has 2 aromatic rings. The van der Waals surface area contributed by atoms with Crippen LogP contribution in [-0.4, -0.2) is 30.7 Å². The second-order valence-corrected chi connectivity index (χ2v) is 4.40. The molecule has 0 bridgehead atoms. The van der Waals surface area contributed by atoms with Crippen molar-refractivity contribution in [1.29, 1.82) is 0 Å². The van der Waals surface area contributed by atoms with Crippen molar-refractivity contribution in [2.24, 2.45) is 0 Å². The van der Waals surface area contributed by atoms with E-state index in [4.69, 9.17) is 5.73 Å². The van der Waals surface area contributed by atoms with Gasteiger partial charge in [-0.15, -0.1) is 0 Å². The summed E-state index contributed by atoms with van der Waals surface area (Å²) in [5.74, 6) is 0.0623. The molecule has 2 N–H and O–H groups in total. The number of nitrogens with zero attached hydrogens (tertiary/aromatic N) is 5. The SMILES string of the molecule is Cc1cnc(C(=O)N2Cc3cnc(N)nc3C2)cn1. The maximum absolute atomic E-state index is 12.3. The molecule has 19 heavy (non-hydrogen) atoms.